The van der Waals surface area contributed by atoms with Gasteiger partial charge in [0.15, 0.2) is 0 Å². The molecular weight excluding hydrogens is 202 g/mol. The second kappa shape index (κ2) is 4.77. The lowest BCUT2D eigenvalue weighted by atomic mass is 10.4. The molecule has 1 aromatic rings. The highest BCUT2D eigenvalue weighted by molar-refractivity contribution is 8.01. The molecule has 0 saturated carbocycles. The monoisotopic (exact) mass is 215 g/mol. The lowest BCUT2D eigenvalue weighted by molar-refractivity contribution is -0.116. The molecule has 4 heteroatoms. The molecule has 0 radical (unpaired) electrons. The van der Waals surface area contributed by atoms with Crippen LogP contribution in [-0.2, 0) is 4.79 Å². The van der Waals surface area contributed by atoms with Crippen molar-refractivity contribution in [2.45, 2.75) is 31.5 Å². The Labute approximate surface area is 86.8 Å². The molecule has 1 heterocycles. The van der Waals surface area contributed by atoms with Gasteiger partial charge in [0.25, 0.3) is 0 Å². The fraction of sp³-hybridized carbons (Fsp3) is 0.556. The van der Waals surface area contributed by atoms with Crippen molar-refractivity contribution in [3.8, 4) is 0 Å². The number of aromatic nitrogens is 1. The molecule has 72 valence electrons. The maximum absolute atomic E-state index is 10.7. The van der Waals surface area contributed by atoms with Crippen LogP contribution in [0.25, 0.3) is 0 Å². The molecule has 0 bridgehead atoms. The summed E-state index contributed by atoms with van der Waals surface area (Å²) in [7, 11) is 0. The van der Waals surface area contributed by atoms with E-state index in [2.05, 4.69) is 11.9 Å². The van der Waals surface area contributed by atoms with Crippen LogP contribution in [-0.4, -0.2) is 16.5 Å². The van der Waals surface area contributed by atoms with Crippen LogP contribution < -0.4 is 0 Å². The largest absolute Gasteiger partial charge is 0.300 e. The van der Waals surface area contributed by atoms with Crippen LogP contribution in [0.5, 0.6) is 0 Å². The van der Waals surface area contributed by atoms with Crippen molar-refractivity contribution in [2.24, 2.45) is 0 Å². The van der Waals surface area contributed by atoms with E-state index >= 15 is 0 Å². The Kier molecular flexibility index (Phi) is 3.93. The maximum atomic E-state index is 10.7. The number of carbonyl (C=O) groups is 1. The number of thiazole rings is 1. The van der Waals surface area contributed by atoms with E-state index in [0.717, 1.165) is 15.8 Å². The molecule has 0 aromatic carbocycles. The Morgan fingerprint density at radius 2 is 2.23 bits per heavy atom. The Morgan fingerprint density at radius 1 is 1.54 bits per heavy atom. The molecule has 0 aliphatic heterocycles. The number of hydrogen-bond donors (Lipinski definition) is 0. The van der Waals surface area contributed by atoms with Gasteiger partial charge in [0.2, 0.25) is 0 Å². The summed E-state index contributed by atoms with van der Waals surface area (Å²) in [6.45, 7) is 5.71. The van der Waals surface area contributed by atoms with Gasteiger partial charge in [0.05, 0.1) is 5.69 Å². The van der Waals surface area contributed by atoms with Gasteiger partial charge < -0.3 is 0 Å². The fourth-order valence-corrected chi connectivity index (χ4v) is 3.05. The molecule has 0 spiro atoms. The summed E-state index contributed by atoms with van der Waals surface area (Å²) < 4.78 is 1.08. The summed E-state index contributed by atoms with van der Waals surface area (Å²) in [6, 6.07) is 0. The molecule has 1 aromatic heterocycles. The molecule has 2 nitrogen and oxygen atoms in total. The molecule has 1 rings (SSSR count). The third-order valence-corrected chi connectivity index (χ3v) is 3.91. The van der Waals surface area contributed by atoms with Crippen molar-refractivity contribution in [3.05, 3.63) is 10.6 Å². The molecule has 0 N–H and O–H groups in total. The average Bonchev–Trinajstić information content (AvgIpc) is 2.30. The van der Waals surface area contributed by atoms with E-state index in [1.54, 1.807) is 30.0 Å². The van der Waals surface area contributed by atoms with Crippen LogP contribution in [0.15, 0.2) is 4.34 Å². The topological polar surface area (TPSA) is 30.0 Å². The minimum atomic E-state index is 0.248. The van der Waals surface area contributed by atoms with Gasteiger partial charge in [-0.05, 0) is 20.8 Å². The smallest absolute Gasteiger partial charge is 0.150 e. The molecule has 0 fully saturated rings. The van der Waals surface area contributed by atoms with Gasteiger partial charge in [-0.15, -0.1) is 11.3 Å². The Balaban J connectivity index is 2.41. The quantitative estimate of drug-likeness (QED) is 0.723. The van der Waals surface area contributed by atoms with Crippen LogP contribution >= 0.6 is 23.1 Å². The number of Topliss-reactive ketones (excluding diaryl/α,β-unsaturated/α-hetero) is 1. The zero-order chi connectivity index (χ0) is 9.84. The molecule has 0 aliphatic rings. The van der Waals surface area contributed by atoms with Crippen LogP contribution in [0.1, 0.15) is 23.9 Å². The summed E-state index contributed by atoms with van der Waals surface area (Å²) >= 11 is 3.38. The van der Waals surface area contributed by atoms with E-state index < -0.39 is 0 Å². The Bertz CT molecular complexity index is 287. The van der Waals surface area contributed by atoms with Crippen LogP contribution in [0, 0.1) is 13.8 Å². The van der Waals surface area contributed by atoms with E-state index in [4.69, 9.17) is 0 Å². The first kappa shape index (κ1) is 10.7. The van der Waals surface area contributed by atoms with Gasteiger partial charge >= 0.3 is 0 Å². The summed E-state index contributed by atoms with van der Waals surface area (Å²) in [6.07, 6.45) is 0.641. The van der Waals surface area contributed by atoms with Gasteiger partial charge in [0, 0.05) is 17.1 Å². The van der Waals surface area contributed by atoms with Gasteiger partial charge in [0.1, 0.15) is 10.1 Å². The van der Waals surface area contributed by atoms with Gasteiger partial charge in [-0.25, -0.2) is 4.98 Å². The van der Waals surface area contributed by atoms with E-state index in [-0.39, 0.29) is 5.78 Å². The summed E-state index contributed by atoms with van der Waals surface area (Å²) in [5, 5.41) is 0. The first-order valence-corrected chi connectivity index (χ1v) is 5.96. The molecular formula is C9H13NOS2. The Morgan fingerprint density at radius 3 is 2.69 bits per heavy atom. The summed E-state index contributed by atoms with van der Waals surface area (Å²) in [4.78, 5) is 16.3. The standard InChI is InChI=1S/C9H13NOS2/c1-6(11)4-5-12-9-10-7(2)8(3)13-9/h4-5H2,1-3H3. The van der Waals surface area contributed by atoms with Crippen molar-refractivity contribution in [1.82, 2.24) is 4.98 Å². The van der Waals surface area contributed by atoms with Gasteiger partial charge in [-0.1, -0.05) is 11.8 Å². The normalized spacial score (nSPS) is 10.4. The van der Waals surface area contributed by atoms with E-state index in [1.807, 2.05) is 6.92 Å². The van der Waals surface area contributed by atoms with E-state index in [9.17, 15) is 4.79 Å². The predicted molar refractivity (Wildman–Crippen MR) is 57.6 cm³/mol. The molecule has 0 aliphatic carbocycles. The second-order valence-electron chi connectivity index (χ2n) is 2.92. The van der Waals surface area contributed by atoms with Gasteiger partial charge in [-0.2, -0.15) is 0 Å². The van der Waals surface area contributed by atoms with Crippen LogP contribution in [0.4, 0.5) is 0 Å². The number of rotatable bonds is 4. The number of carbonyl (C=O) groups excluding carboxylic acids is 1. The second-order valence-corrected chi connectivity index (χ2v) is 5.47. The SMILES string of the molecule is CC(=O)CCSc1nc(C)c(C)s1. The number of hydrogen-bond acceptors (Lipinski definition) is 4. The first-order chi connectivity index (χ1) is 6.09. The lowest BCUT2D eigenvalue weighted by Crippen LogP contribution is -1.91. The number of aryl methyl sites for hydroxylation is 2. The minimum absolute atomic E-state index is 0.248. The number of ketones is 1. The summed E-state index contributed by atoms with van der Waals surface area (Å²) in [5.74, 6) is 1.10. The van der Waals surface area contributed by atoms with Crippen molar-refractivity contribution in [3.63, 3.8) is 0 Å². The lowest BCUT2D eigenvalue weighted by Gasteiger charge is -1.92. The molecule has 0 amide bonds. The molecule has 13 heavy (non-hydrogen) atoms. The average molecular weight is 215 g/mol. The number of thioether (sulfide) groups is 1. The highest BCUT2D eigenvalue weighted by Crippen LogP contribution is 2.26. The van der Waals surface area contributed by atoms with Crippen molar-refractivity contribution in [1.29, 1.82) is 0 Å². The van der Waals surface area contributed by atoms with E-state index in [0.29, 0.717) is 6.42 Å². The predicted octanol–water partition coefficient (Wildman–Crippen LogP) is 2.83. The zero-order valence-electron chi connectivity index (χ0n) is 8.09. The van der Waals surface area contributed by atoms with Crippen LogP contribution in [0.2, 0.25) is 0 Å². The fourth-order valence-electron chi connectivity index (χ4n) is 0.787. The van der Waals surface area contributed by atoms with Gasteiger partial charge in [-0.3, -0.25) is 4.79 Å². The molecule has 0 atom stereocenters. The third kappa shape index (κ3) is 3.48. The number of nitrogens with zero attached hydrogens (tertiary/aromatic N) is 1. The Hall–Kier alpha value is -0.350. The van der Waals surface area contributed by atoms with E-state index in [1.165, 1.54) is 4.88 Å². The summed E-state index contributed by atoms with van der Waals surface area (Å²) in [5.41, 5.74) is 1.11. The maximum Gasteiger partial charge on any atom is 0.150 e. The van der Waals surface area contributed by atoms with Crippen LogP contribution in [0.3, 0.4) is 0 Å². The highest BCUT2D eigenvalue weighted by atomic mass is 32.2. The van der Waals surface area contributed by atoms with Crippen molar-refractivity contribution < 1.29 is 4.79 Å². The third-order valence-electron chi connectivity index (χ3n) is 1.69. The van der Waals surface area contributed by atoms with Crippen molar-refractivity contribution in [2.75, 3.05) is 5.75 Å². The van der Waals surface area contributed by atoms with Crippen molar-refractivity contribution >= 4 is 28.9 Å². The molecule has 0 unspecified atom stereocenters. The molecule has 0 saturated heterocycles. The zero-order valence-corrected chi connectivity index (χ0v) is 9.72. The minimum Gasteiger partial charge on any atom is -0.300 e. The first-order valence-electron chi connectivity index (χ1n) is 4.16. The highest BCUT2D eigenvalue weighted by Gasteiger charge is 2.04.